The van der Waals surface area contributed by atoms with Crippen LogP contribution in [0.3, 0.4) is 0 Å². The van der Waals surface area contributed by atoms with Gasteiger partial charge in [-0.1, -0.05) is 12.7 Å². The molecule has 0 aromatic heterocycles. The van der Waals surface area contributed by atoms with E-state index < -0.39 is 17.9 Å². The van der Waals surface area contributed by atoms with Gasteiger partial charge >= 0.3 is 5.97 Å². The first-order valence-corrected chi connectivity index (χ1v) is 6.97. The van der Waals surface area contributed by atoms with Crippen molar-refractivity contribution in [1.29, 1.82) is 0 Å². The number of hydrogen-bond acceptors (Lipinski definition) is 5. The van der Waals surface area contributed by atoms with E-state index in [-0.39, 0.29) is 18.6 Å². The van der Waals surface area contributed by atoms with Gasteiger partial charge in [-0.3, -0.25) is 4.79 Å². The smallest absolute Gasteiger partial charge is 0.326 e. The number of carboxylic acids is 1. The molecule has 1 aromatic rings. The molecular formula is C16H21NO6. The van der Waals surface area contributed by atoms with Crippen LogP contribution >= 0.6 is 0 Å². The van der Waals surface area contributed by atoms with Crippen molar-refractivity contribution in [2.75, 3.05) is 27.4 Å². The summed E-state index contributed by atoms with van der Waals surface area (Å²) in [5.74, 6) is -0.781. The molecule has 0 heterocycles. The van der Waals surface area contributed by atoms with Gasteiger partial charge in [0, 0.05) is 25.7 Å². The molecule has 0 saturated carbocycles. The Balaban J connectivity index is 2.85. The fourth-order valence-electron chi connectivity index (χ4n) is 1.81. The second-order valence-corrected chi connectivity index (χ2v) is 4.61. The van der Waals surface area contributed by atoms with Crippen molar-refractivity contribution < 1.29 is 28.9 Å². The van der Waals surface area contributed by atoms with Gasteiger partial charge in [-0.2, -0.15) is 0 Å². The maximum atomic E-state index is 12.2. The lowest BCUT2D eigenvalue weighted by molar-refractivity contribution is -0.139. The zero-order valence-electron chi connectivity index (χ0n) is 13.2. The maximum Gasteiger partial charge on any atom is 0.326 e. The van der Waals surface area contributed by atoms with Crippen LogP contribution in [0.2, 0.25) is 0 Å². The van der Waals surface area contributed by atoms with Crippen molar-refractivity contribution in [3.63, 3.8) is 0 Å². The summed E-state index contributed by atoms with van der Waals surface area (Å²) in [7, 11) is 2.92. The number of methoxy groups -OCH3 is 2. The van der Waals surface area contributed by atoms with Crippen molar-refractivity contribution >= 4 is 11.9 Å². The lowest BCUT2D eigenvalue weighted by Crippen LogP contribution is -2.41. The molecule has 1 amide bonds. The lowest BCUT2D eigenvalue weighted by atomic mass is 10.1. The number of ether oxygens (including phenoxy) is 3. The highest BCUT2D eigenvalue weighted by molar-refractivity contribution is 5.97. The molecular weight excluding hydrogens is 302 g/mol. The Hall–Kier alpha value is -2.54. The van der Waals surface area contributed by atoms with E-state index in [0.29, 0.717) is 18.1 Å². The summed E-state index contributed by atoms with van der Waals surface area (Å²) in [6.07, 6.45) is 1.77. The van der Waals surface area contributed by atoms with Gasteiger partial charge in [-0.25, -0.2) is 4.79 Å². The maximum absolute atomic E-state index is 12.2. The van der Waals surface area contributed by atoms with Crippen molar-refractivity contribution in [3.8, 4) is 11.5 Å². The number of benzene rings is 1. The first-order valence-electron chi connectivity index (χ1n) is 6.97. The third-order valence-corrected chi connectivity index (χ3v) is 3.00. The number of rotatable bonds is 10. The first-order chi connectivity index (χ1) is 11.0. The van der Waals surface area contributed by atoms with Crippen LogP contribution < -0.4 is 14.8 Å². The van der Waals surface area contributed by atoms with E-state index in [9.17, 15) is 9.59 Å². The molecule has 7 nitrogen and oxygen atoms in total. The minimum absolute atomic E-state index is 0.176. The van der Waals surface area contributed by atoms with E-state index in [0.717, 1.165) is 0 Å². The van der Waals surface area contributed by atoms with Gasteiger partial charge in [0.1, 0.15) is 12.6 Å². The van der Waals surface area contributed by atoms with Gasteiger partial charge in [0.25, 0.3) is 5.91 Å². The third-order valence-electron chi connectivity index (χ3n) is 3.00. The summed E-state index contributed by atoms with van der Waals surface area (Å²) in [5.41, 5.74) is 0.275. The largest absolute Gasteiger partial charge is 0.493 e. The second-order valence-electron chi connectivity index (χ2n) is 4.61. The van der Waals surface area contributed by atoms with Crippen molar-refractivity contribution in [3.05, 3.63) is 36.4 Å². The second kappa shape index (κ2) is 9.47. The van der Waals surface area contributed by atoms with Crippen molar-refractivity contribution in [2.24, 2.45) is 0 Å². The fourth-order valence-corrected chi connectivity index (χ4v) is 1.81. The molecule has 0 fully saturated rings. The average molecular weight is 323 g/mol. The van der Waals surface area contributed by atoms with Gasteiger partial charge < -0.3 is 24.6 Å². The fraction of sp³-hybridized carbons (Fsp3) is 0.375. The monoisotopic (exact) mass is 323 g/mol. The number of carboxylic acid groups (broad SMARTS) is 1. The van der Waals surface area contributed by atoms with E-state index in [1.807, 2.05) is 0 Å². The summed E-state index contributed by atoms with van der Waals surface area (Å²) in [6.45, 7) is 4.09. The van der Waals surface area contributed by atoms with Gasteiger partial charge in [-0.05, 0) is 18.2 Å². The number of amides is 1. The van der Waals surface area contributed by atoms with Crippen LogP contribution in [0.15, 0.2) is 30.9 Å². The first kappa shape index (κ1) is 18.5. The number of carbonyl (C=O) groups is 2. The molecule has 2 N–H and O–H groups in total. The molecule has 126 valence electrons. The van der Waals surface area contributed by atoms with E-state index in [1.165, 1.54) is 26.4 Å². The van der Waals surface area contributed by atoms with Crippen LogP contribution in [0.25, 0.3) is 0 Å². The molecule has 1 atom stereocenters. The molecule has 0 saturated heterocycles. The highest BCUT2D eigenvalue weighted by atomic mass is 16.5. The summed E-state index contributed by atoms with van der Waals surface area (Å²) in [4.78, 5) is 23.3. The molecule has 1 unspecified atom stereocenters. The Labute approximate surface area is 134 Å². The molecule has 0 aliphatic carbocycles. The van der Waals surface area contributed by atoms with Gasteiger partial charge in [0.2, 0.25) is 0 Å². The van der Waals surface area contributed by atoms with Gasteiger partial charge in [0.05, 0.1) is 7.11 Å². The molecule has 1 rings (SSSR count). The average Bonchev–Trinajstić information content (AvgIpc) is 2.55. The van der Waals surface area contributed by atoms with Gasteiger partial charge in [0.15, 0.2) is 11.5 Å². The topological polar surface area (TPSA) is 94.1 Å². The lowest BCUT2D eigenvalue weighted by Gasteiger charge is -2.15. The highest BCUT2D eigenvalue weighted by Gasteiger charge is 2.21. The zero-order chi connectivity index (χ0) is 17.2. The van der Waals surface area contributed by atoms with Crippen LogP contribution in [0.1, 0.15) is 16.8 Å². The predicted molar refractivity (Wildman–Crippen MR) is 84.1 cm³/mol. The number of aliphatic carboxylic acids is 1. The Kier molecular flexibility index (Phi) is 7.62. The number of carbonyl (C=O) groups excluding carboxylic acids is 1. The molecule has 0 aliphatic rings. The van der Waals surface area contributed by atoms with Crippen molar-refractivity contribution in [2.45, 2.75) is 12.5 Å². The summed E-state index contributed by atoms with van der Waals surface area (Å²) in [6, 6.07) is 3.58. The summed E-state index contributed by atoms with van der Waals surface area (Å²) in [5, 5.41) is 11.6. The molecule has 0 bridgehead atoms. The molecule has 0 radical (unpaired) electrons. The molecule has 0 spiro atoms. The molecule has 0 aliphatic heterocycles. The van der Waals surface area contributed by atoms with E-state index in [2.05, 4.69) is 11.9 Å². The molecule has 23 heavy (non-hydrogen) atoms. The molecule has 7 heteroatoms. The highest BCUT2D eigenvalue weighted by Crippen LogP contribution is 2.28. The van der Waals surface area contributed by atoms with Crippen LogP contribution in [0.4, 0.5) is 0 Å². The van der Waals surface area contributed by atoms with Crippen molar-refractivity contribution in [1.82, 2.24) is 5.32 Å². The minimum atomic E-state index is -1.12. The van der Waals surface area contributed by atoms with Crippen LogP contribution in [-0.4, -0.2) is 50.5 Å². The Morgan fingerprint density at radius 3 is 2.65 bits per heavy atom. The SMILES string of the molecule is C=CCOc1ccc(C(=O)NC(CCOC)C(=O)O)cc1OC. The zero-order valence-corrected chi connectivity index (χ0v) is 13.2. The normalized spacial score (nSPS) is 11.4. The van der Waals surface area contributed by atoms with Crippen LogP contribution in [0.5, 0.6) is 11.5 Å². The van der Waals surface area contributed by atoms with Gasteiger partial charge in [-0.15, -0.1) is 0 Å². The summed E-state index contributed by atoms with van der Waals surface area (Å²) < 4.78 is 15.4. The summed E-state index contributed by atoms with van der Waals surface area (Å²) >= 11 is 0. The Morgan fingerprint density at radius 2 is 2.09 bits per heavy atom. The number of nitrogens with one attached hydrogen (secondary N) is 1. The third kappa shape index (κ3) is 5.63. The standard InChI is InChI=1S/C16H21NO6/c1-4-8-23-13-6-5-11(10-14(13)22-3)15(18)17-12(16(19)20)7-9-21-2/h4-6,10,12H,1,7-9H2,2-3H3,(H,17,18)(H,19,20). The minimum Gasteiger partial charge on any atom is -0.493 e. The van der Waals surface area contributed by atoms with Crippen LogP contribution in [-0.2, 0) is 9.53 Å². The predicted octanol–water partition coefficient (Wildman–Crippen LogP) is 1.48. The van der Waals surface area contributed by atoms with E-state index in [4.69, 9.17) is 19.3 Å². The quantitative estimate of drug-likeness (QED) is 0.633. The Morgan fingerprint density at radius 1 is 1.35 bits per heavy atom. The number of hydrogen-bond donors (Lipinski definition) is 2. The Bertz CT molecular complexity index is 558. The van der Waals surface area contributed by atoms with Crippen LogP contribution in [0, 0.1) is 0 Å². The van der Waals surface area contributed by atoms with E-state index in [1.54, 1.807) is 12.1 Å². The molecule has 1 aromatic carbocycles. The van der Waals surface area contributed by atoms with E-state index >= 15 is 0 Å².